The third kappa shape index (κ3) is 2.86. The van der Waals surface area contributed by atoms with Crippen LogP contribution in [0.15, 0.2) is 96.1 Å². The number of hydrogen-bond donors (Lipinski definition) is 0. The third-order valence-corrected chi connectivity index (χ3v) is 6.15. The summed E-state index contributed by atoms with van der Waals surface area (Å²) < 4.78 is 6.40. The second-order valence-electron chi connectivity index (χ2n) is 7.77. The molecule has 4 heteroatoms. The van der Waals surface area contributed by atoms with E-state index in [0.29, 0.717) is 0 Å². The van der Waals surface area contributed by atoms with Crippen LogP contribution in [0.4, 0.5) is 0 Å². The van der Waals surface area contributed by atoms with E-state index in [0.717, 1.165) is 39.6 Å². The molecule has 0 saturated carbocycles. The van der Waals surface area contributed by atoms with Gasteiger partial charge in [0.15, 0.2) is 0 Å². The molecule has 2 heterocycles. The zero-order valence-corrected chi connectivity index (χ0v) is 17.0. The molecule has 4 aromatic carbocycles. The molecule has 0 saturated heterocycles. The van der Waals surface area contributed by atoms with E-state index < -0.39 is 0 Å². The van der Waals surface area contributed by atoms with Gasteiger partial charge in [-0.15, -0.1) is 0 Å². The summed E-state index contributed by atoms with van der Waals surface area (Å²) in [5, 5.41) is 10.3. The van der Waals surface area contributed by atoms with Crippen LogP contribution < -0.4 is 4.74 Å². The third-order valence-electron chi connectivity index (χ3n) is 5.92. The monoisotopic (exact) mass is 410 g/mol. The van der Waals surface area contributed by atoms with Crippen molar-refractivity contribution in [2.75, 3.05) is 0 Å². The lowest BCUT2D eigenvalue weighted by Gasteiger charge is -2.38. The molecule has 0 unspecified atom stereocenters. The lowest BCUT2D eigenvalue weighted by Crippen LogP contribution is -2.33. The quantitative estimate of drug-likeness (QED) is 0.365. The molecule has 3 nitrogen and oxygen atoms in total. The van der Waals surface area contributed by atoms with E-state index in [9.17, 15) is 0 Å². The number of fused-ring (bicyclic) bond motifs is 4. The van der Waals surface area contributed by atoms with Crippen molar-refractivity contribution >= 4 is 28.1 Å². The van der Waals surface area contributed by atoms with Crippen LogP contribution in [0.3, 0.4) is 0 Å². The largest absolute Gasteiger partial charge is 0.464 e. The van der Waals surface area contributed by atoms with E-state index in [1.807, 2.05) is 36.4 Å². The molecule has 0 spiro atoms. The highest BCUT2D eigenvalue weighted by atomic mass is 35.5. The molecule has 2 aliphatic rings. The normalized spacial score (nSPS) is 19.8. The first-order valence-electron chi connectivity index (χ1n) is 10.1. The first-order chi connectivity index (χ1) is 14.8. The summed E-state index contributed by atoms with van der Waals surface area (Å²) in [4.78, 5) is 0. The molecule has 0 aliphatic carbocycles. The Kier molecular flexibility index (Phi) is 4.03. The van der Waals surface area contributed by atoms with Gasteiger partial charge in [0.2, 0.25) is 6.23 Å². The smallest absolute Gasteiger partial charge is 0.213 e. The van der Waals surface area contributed by atoms with E-state index >= 15 is 0 Å². The van der Waals surface area contributed by atoms with Gasteiger partial charge in [-0.1, -0.05) is 78.3 Å². The molecule has 0 N–H and O–H groups in total. The van der Waals surface area contributed by atoms with Gasteiger partial charge in [-0.25, -0.2) is 5.01 Å². The minimum atomic E-state index is -0.261. The number of benzene rings is 4. The van der Waals surface area contributed by atoms with Gasteiger partial charge in [0.1, 0.15) is 5.75 Å². The molecule has 2 aliphatic heterocycles. The number of hydrogen-bond acceptors (Lipinski definition) is 3. The van der Waals surface area contributed by atoms with Crippen LogP contribution >= 0.6 is 11.6 Å². The maximum absolute atomic E-state index is 6.40. The Morgan fingerprint density at radius 1 is 0.833 bits per heavy atom. The lowest BCUT2D eigenvalue weighted by molar-refractivity contribution is -0.0190. The molecule has 4 aromatic rings. The summed E-state index contributed by atoms with van der Waals surface area (Å²) in [6, 6.07) is 31.2. The van der Waals surface area contributed by atoms with Gasteiger partial charge in [0, 0.05) is 22.6 Å². The summed E-state index contributed by atoms with van der Waals surface area (Å²) in [5.41, 5.74) is 4.41. The van der Waals surface area contributed by atoms with E-state index in [2.05, 4.69) is 59.6 Å². The molecule has 0 aromatic heterocycles. The first-order valence-corrected chi connectivity index (χ1v) is 10.5. The van der Waals surface area contributed by atoms with Crippen molar-refractivity contribution in [3.05, 3.63) is 113 Å². The first kappa shape index (κ1) is 17.5. The molecular weight excluding hydrogens is 392 g/mol. The van der Waals surface area contributed by atoms with Crippen molar-refractivity contribution in [1.82, 2.24) is 5.01 Å². The summed E-state index contributed by atoms with van der Waals surface area (Å²) in [7, 11) is 0. The molecule has 30 heavy (non-hydrogen) atoms. The van der Waals surface area contributed by atoms with Crippen molar-refractivity contribution in [2.45, 2.75) is 18.7 Å². The maximum atomic E-state index is 6.40. The number of halogens is 1. The minimum Gasteiger partial charge on any atom is -0.464 e. The number of hydrazone groups is 1. The standard InChI is InChI=1S/C26H19ClN2O/c27-21-12-13-25-22(15-21)24-16-23(20-11-10-17-6-4-5-9-19(17)14-20)28-29(24)26(30-25)18-7-2-1-3-8-18/h1-15,24,26H,16H2/t24-,26+/m1/s1. The van der Waals surface area contributed by atoms with Crippen molar-refractivity contribution < 1.29 is 4.74 Å². The second kappa shape index (κ2) is 6.89. The van der Waals surface area contributed by atoms with Crippen LogP contribution in [0.25, 0.3) is 10.8 Å². The summed E-state index contributed by atoms with van der Waals surface area (Å²) >= 11 is 6.33. The number of nitrogens with zero attached hydrogens (tertiary/aromatic N) is 2. The van der Waals surface area contributed by atoms with Gasteiger partial charge >= 0.3 is 0 Å². The Morgan fingerprint density at radius 3 is 2.50 bits per heavy atom. The van der Waals surface area contributed by atoms with Crippen molar-refractivity contribution in [1.29, 1.82) is 0 Å². The minimum absolute atomic E-state index is 0.0964. The summed E-state index contributed by atoms with van der Waals surface area (Å²) in [6.07, 6.45) is 0.557. The Labute approximate surface area is 180 Å². The fourth-order valence-electron chi connectivity index (χ4n) is 4.44. The average Bonchev–Trinajstić information content (AvgIpc) is 3.25. The molecule has 146 valence electrons. The van der Waals surface area contributed by atoms with Crippen molar-refractivity contribution in [2.24, 2.45) is 5.10 Å². The van der Waals surface area contributed by atoms with Crippen molar-refractivity contribution in [3.63, 3.8) is 0 Å². The SMILES string of the molecule is Clc1ccc2c(c1)[C@H]1CC(c3ccc4ccccc4c3)=NN1[C@H](c1ccccc1)O2. The van der Waals surface area contributed by atoms with Crippen LogP contribution in [0.5, 0.6) is 5.75 Å². The van der Waals surface area contributed by atoms with E-state index in [1.165, 1.54) is 10.8 Å². The fraction of sp³-hybridized carbons (Fsp3) is 0.115. The molecule has 2 atom stereocenters. The van der Waals surface area contributed by atoms with Crippen LogP contribution in [0.2, 0.25) is 5.02 Å². The number of rotatable bonds is 2. The second-order valence-corrected chi connectivity index (χ2v) is 8.21. The van der Waals surface area contributed by atoms with Crippen LogP contribution in [-0.2, 0) is 0 Å². The van der Waals surface area contributed by atoms with Gasteiger partial charge in [-0.05, 0) is 40.6 Å². The highest BCUT2D eigenvalue weighted by molar-refractivity contribution is 6.30. The lowest BCUT2D eigenvalue weighted by atomic mass is 9.95. The number of ether oxygens (including phenoxy) is 1. The Bertz CT molecular complexity index is 1280. The fourth-order valence-corrected chi connectivity index (χ4v) is 4.62. The molecule has 0 bridgehead atoms. The molecule has 0 amide bonds. The summed E-state index contributed by atoms with van der Waals surface area (Å²) in [6.45, 7) is 0. The molecule has 0 radical (unpaired) electrons. The highest BCUT2D eigenvalue weighted by Crippen LogP contribution is 2.48. The zero-order chi connectivity index (χ0) is 20.1. The van der Waals surface area contributed by atoms with Crippen LogP contribution in [0.1, 0.15) is 35.4 Å². The molecule has 0 fully saturated rings. The van der Waals surface area contributed by atoms with Gasteiger partial charge in [-0.3, -0.25) is 0 Å². The van der Waals surface area contributed by atoms with Crippen molar-refractivity contribution in [3.8, 4) is 5.75 Å². The van der Waals surface area contributed by atoms with Gasteiger partial charge < -0.3 is 4.74 Å². The predicted octanol–water partition coefficient (Wildman–Crippen LogP) is 6.74. The Balaban J connectivity index is 1.46. The summed E-state index contributed by atoms with van der Waals surface area (Å²) in [5.74, 6) is 0.879. The van der Waals surface area contributed by atoms with Gasteiger partial charge in [0.25, 0.3) is 0 Å². The van der Waals surface area contributed by atoms with E-state index in [-0.39, 0.29) is 12.3 Å². The Hall–Kier alpha value is -3.30. The van der Waals surface area contributed by atoms with E-state index in [4.69, 9.17) is 21.4 Å². The van der Waals surface area contributed by atoms with Gasteiger partial charge in [0.05, 0.1) is 11.8 Å². The molecule has 6 rings (SSSR count). The zero-order valence-electron chi connectivity index (χ0n) is 16.2. The topological polar surface area (TPSA) is 24.8 Å². The highest BCUT2D eigenvalue weighted by Gasteiger charge is 2.41. The van der Waals surface area contributed by atoms with Crippen LogP contribution in [-0.4, -0.2) is 10.7 Å². The van der Waals surface area contributed by atoms with Crippen LogP contribution in [0, 0.1) is 0 Å². The maximum Gasteiger partial charge on any atom is 0.213 e. The average molecular weight is 411 g/mol. The van der Waals surface area contributed by atoms with E-state index in [1.54, 1.807) is 0 Å². The molecular formula is C26H19ClN2O. The Morgan fingerprint density at radius 2 is 1.63 bits per heavy atom. The predicted molar refractivity (Wildman–Crippen MR) is 121 cm³/mol. The van der Waals surface area contributed by atoms with Gasteiger partial charge in [-0.2, -0.15) is 5.10 Å².